The molecular weight excluding hydrogens is 254 g/mol. The molecule has 0 unspecified atom stereocenters. The molecule has 0 heterocycles. The predicted molar refractivity (Wildman–Crippen MR) is 84.9 cm³/mol. The molecule has 0 saturated heterocycles. The lowest BCUT2D eigenvalue weighted by atomic mass is 10.2. The van der Waals surface area contributed by atoms with Gasteiger partial charge in [-0.1, -0.05) is 28.5 Å². The van der Waals surface area contributed by atoms with Crippen LogP contribution in [0.5, 0.6) is 0 Å². The van der Waals surface area contributed by atoms with Crippen molar-refractivity contribution in [2.45, 2.75) is 46.7 Å². The van der Waals surface area contributed by atoms with E-state index in [9.17, 15) is 0 Å². The van der Waals surface area contributed by atoms with Crippen LogP contribution in [0.15, 0.2) is 0 Å². The van der Waals surface area contributed by atoms with E-state index in [-0.39, 0.29) is 0 Å². The van der Waals surface area contributed by atoms with E-state index in [2.05, 4.69) is 51.3 Å². The summed E-state index contributed by atoms with van der Waals surface area (Å²) >= 11 is 2.09. The van der Waals surface area contributed by atoms with Gasteiger partial charge in [-0.15, -0.1) is 0 Å². The Morgan fingerprint density at radius 3 is 2.00 bits per heavy atom. The molecule has 0 spiro atoms. The molecular formula is C12H27NS3. The summed E-state index contributed by atoms with van der Waals surface area (Å²) in [6, 6.07) is 1.34. The topological polar surface area (TPSA) is 3.24 Å². The molecule has 98 valence electrons. The normalized spacial score (nSPS) is 12.0. The van der Waals surface area contributed by atoms with E-state index in [1.165, 1.54) is 29.6 Å². The highest BCUT2D eigenvalue weighted by Crippen LogP contribution is 2.21. The molecule has 0 aromatic heterocycles. The van der Waals surface area contributed by atoms with Gasteiger partial charge < -0.3 is 0 Å². The summed E-state index contributed by atoms with van der Waals surface area (Å²) in [5.41, 5.74) is 0. The Kier molecular flexibility index (Phi) is 11.8. The molecule has 0 amide bonds. The zero-order valence-corrected chi connectivity index (χ0v) is 13.8. The maximum absolute atomic E-state index is 2.57. The SMILES string of the molecule is CCSSCCSCCN(C(C)C)C(C)C. The van der Waals surface area contributed by atoms with Gasteiger partial charge in [-0.05, 0) is 27.7 Å². The number of nitrogens with zero attached hydrogens (tertiary/aromatic N) is 1. The van der Waals surface area contributed by atoms with Gasteiger partial charge in [-0.2, -0.15) is 11.8 Å². The maximum atomic E-state index is 2.57. The Labute approximate surface area is 114 Å². The first-order chi connectivity index (χ1) is 7.59. The first kappa shape index (κ1) is 17.0. The van der Waals surface area contributed by atoms with Gasteiger partial charge in [0.15, 0.2) is 0 Å². The third-order valence-electron chi connectivity index (χ3n) is 2.33. The lowest BCUT2D eigenvalue weighted by Gasteiger charge is -2.30. The van der Waals surface area contributed by atoms with Crippen molar-refractivity contribution in [1.29, 1.82) is 0 Å². The molecule has 0 radical (unpaired) electrons. The second kappa shape index (κ2) is 11.1. The van der Waals surface area contributed by atoms with Gasteiger partial charge in [0.2, 0.25) is 0 Å². The van der Waals surface area contributed by atoms with Gasteiger partial charge in [-0.3, -0.25) is 4.90 Å². The highest BCUT2D eigenvalue weighted by atomic mass is 33.1. The molecule has 0 aliphatic rings. The highest BCUT2D eigenvalue weighted by molar-refractivity contribution is 8.76. The second-order valence-electron chi connectivity index (χ2n) is 4.27. The van der Waals surface area contributed by atoms with Crippen LogP contribution in [0.3, 0.4) is 0 Å². The number of hydrogen-bond acceptors (Lipinski definition) is 4. The van der Waals surface area contributed by atoms with E-state index in [4.69, 9.17) is 0 Å². The summed E-state index contributed by atoms with van der Waals surface area (Å²) in [7, 11) is 3.98. The lowest BCUT2D eigenvalue weighted by Crippen LogP contribution is -2.38. The van der Waals surface area contributed by atoms with Gasteiger partial charge in [0.05, 0.1) is 0 Å². The van der Waals surface area contributed by atoms with Crippen LogP contribution in [0.4, 0.5) is 0 Å². The Morgan fingerprint density at radius 1 is 0.875 bits per heavy atom. The van der Waals surface area contributed by atoms with E-state index in [1.807, 2.05) is 21.6 Å². The van der Waals surface area contributed by atoms with Crippen molar-refractivity contribution in [2.75, 3.05) is 29.6 Å². The summed E-state index contributed by atoms with van der Waals surface area (Å²) in [5.74, 6) is 5.08. The first-order valence-corrected chi connectivity index (χ1v) is 9.81. The fourth-order valence-electron chi connectivity index (χ4n) is 1.62. The minimum absolute atomic E-state index is 0.672. The van der Waals surface area contributed by atoms with Crippen molar-refractivity contribution >= 4 is 33.3 Å². The van der Waals surface area contributed by atoms with Crippen molar-refractivity contribution in [2.24, 2.45) is 0 Å². The molecule has 4 heteroatoms. The largest absolute Gasteiger partial charge is 0.298 e. The Bertz CT molecular complexity index is 143. The van der Waals surface area contributed by atoms with Crippen molar-refractivity contribution in [3.05, 3.63) is 0 Å². The Balaban J connectivity index is 3.41. The van der Waals surface area contributed by atoms with Crippen molar-refractivity contribution in [1.82, 2.24) is 4.90 Å². The fraction of sp³-hybridized carbons (Fsp3) is 1.00. The van der Waals surface area contributed by atoms with Crippen molar-refractivity contribution < 1.29 is 0 Å². The van der Waals surface area contributed by atoms with Crippen molar-refractivity contribution in [3.63, 3.8) is 0 Å². The highest BCUT2D eigenvalue weighted by Gasteiger charge is 2.11. The summed E-state index contributed by atoms with van der Waals surface area (Å²) in [4.78, 5) is 2.57. The molecule has 0 N–H and O–H groups in total. The summed E-state index contributed by atoms with van der Waals surface area (Å²) in [6.45, 7) is 12.6. The summed E-state index contributed by atoms with van der Waals surface area (Å²) in [5, 5.41) is 0. The molecule has 0 aromatic rings. The number of rotatable bonds is 10. The molecule has 0 fully saturated rings. The van der Waals surface area contributed by atoms with Crippen molar-refractivity contribution in [3.8, 4) is 0 Å². The molecule has 0 rings (SSSR count). The maximum Gasteiger partial charge on any atom is 0.0128 e. The van der Waals surface area contributed by atoms with Crippen LogP contribution < -0.4 is 0 Å². The summed E-state index contributed by atoms with van der Waals surface area (Å²) in [6.07, 6.45) is 0. The average molecular weight is 282 g/mol. The Hall–Kier alpha value is 1.01. The van der Waals surface area contributed by atoms with Crippen LogP contribution in [0.1, 0.15) is 34.6 Å². The third kappa shape index (κ3) is 9.08. The molecule has 0 aliphatic heterocycles. The van der Waals surface area contributed by atoms with Gasteiger partial charge in [-0.25, -0.2) is 0 Å². The molecule has 16 heavy (non-hydrogen) atoms. The molecule has 0 atom stereocenters. The third-order valence-corrected chi connectivity index (χ3v) is 6.04. The molecule has 0 aliphatic carbocycles. The zero-order chi connectivity index (χ0) is 12.4. The van der Waals surface area contributed by atoms with Crippen LogP contribution in [0.2, 0.25) is 0 Å². The quantitative estimate of drug-likeness (QED) is 0.435. The van der Waals surface area contributed by atoms with Crippen LogP contribution in [0, 0.1) is 0 Å². The Morgan fingerprint density at radius 2 is 1.50 bits per heavy atom. The molecule has 0 aromatic carbocycles. The van der Waals surface area contributed by atoms with Crippen LogP contribution in [-0.4, -0.2) is 46.5 Å². The minimum atomic E-state index is 0.672. The fourth-order valence-corrected chi connectivity index (χ4v) is 4.66. The second-order valence-corrected chi connectivity index (χ2v) is 8.36. The van der Waals surface area contributed by atoms with E-state index < -0.39 is 0 Å². The van der Waals surface area contributed by atoms with Gasteiger partial charge in [0.1, 0.15) is 0 Å². The van der Waals surface area contributed by atoms with E-state index >= 15 is 0 Å². The van der Waals surface area contributed by atoms with Crippen LogP contribution in [0.25, 0.3) is 0 Å². The molecule has 0 bridgehead atoms. The van der Waals surface area contributed by atoms with Gasteiger partial charge in [0, 0.05) is 41.6 Å². The van der Waals surface area contributed by atoms with Gasteiger partial charge in [0.25, 0.3) is 0 Å². The summed E-state index contributed by atoms with van der Waals surface area (Å²) < 4.78 is 0. The lowest BCUT2D eigenvalue weighted by molar-refractivity contribution is 0.187. The standard InChI is InChI=1S/C12H27NS3/c1-6-15-16-10-9-14-8-7-13(11(2)3)12(4)5/h11-12H,6-10H2,1-5H3. The van der Waals surface area contributed by atoms with Crippen LogP contribution in [-0.2, 0) is 0 Å². The molecule has 1 nitrogen and oxygen atoms in total. The molecule has 0 saturated carbocycles. The average Bonchev–Trinajstić information content (AvgIpc) is 2.21. The monoisotopic (exact) mass is 281 g/mol. The van der Waals surface area contributed by atoms with E-state index in [0.29, 0.717) is 12.1 Å². The predicted octanol–water partition coefficient (Wildman–Crippen LogP) is 4.24. The van der Waals surface area contributed by atoms with E-state index in [1.54, 1.807) is 0 Å². The zero-order valence-electron chi connectivity index (χ0n) is 11.4. The number of thioether (sulfide) groups is 1. The van der Waals surface area contributed by atoms with E-state index in [0.717, 1.165) is 0 Å². The van der Waals surface area contributed by atoms with Gasteiger partial charge >= 0.3 is 0 Å². The first-order valence-electron chi connectivity index (χ1n) is 6.17. The minimum Gasteiger partial charge on any atom is -0.298 e. The number of hydrogen-bond donors (Lipinski definition) is 0. The smallest absolute Gasteiger partial charge is 0.0128 e. The van der Waals surface area contributed by atoms with Crippen LogP contribution >= 0.6 is 33.3 Å².